The summed E-state index contributed by atoms with van der Waals surface area (Å²) in [5, 5.41) is 15.4. The Morgan fingerprint density at radius 3 is 3.09 bits per heavy atom. The Hall–Kier alpha value is -1.98. The van der Waals surface area contributed by atoms with Crippen molar-refractivity contribution < 1.29 is 9.84 Å². The molecule has 5 nitrogen and oxygen atoms in total. The van der Waals surface area contributed by atoms with Gasteiger partial charge in [0, 0.05) is 36.5 Å². The molecule has 112 valence electrons. The summed E-state index contributed by atoms with van der Waals surface area (Å²) in [7, 11) is 0. The van der Waals surface area contributed by atoms with E-state index in [-0.39, 0.29) is 6.23 Å². The maximum absolute atomic E-state index is 10.7. The summed E-state index contributed by atoms with van der Waals surface area (Å²) >= 11 is 0. The minimum absolute atomic E-state index is 0.00771. The molecule has 2 unspecified atom stereocenters. The number of aromatic nitrogens is 3. The van der Waals surface area contributed by atoms with Gasteiger partial charge in [0.05, 0.1) is 5.69 Å². The van der Waals surface area contributed by atoms with E-state index in [9.17, 15) is 5.11 Å². The Kier molecular flexibility index (Phi) is 2.57. The molecular formula is C17H17N3O2. The third kappa shape index (κ3) is 1.61. The van der Waals surface area contributed by atoms with Crippen molar-refractivity contribution in [1.29, 1.82) is 0 Å². The zero-order chi connectivity index (χ0) is 14.7. The van der Waals surface area contributed by atoms with Gasteiger partial charge in [-0.25, -0.2) is 4.68 Å². The highest BCUT2D eigenvalue weighted by Gasteiger charge is 2.35. The summed E-state index contributed by atoms with van der Waals surface area (Å²) in [5.41, 5.74) is 6.01. The number of pyridine rings is 1. The fourth-order valence-electron chi connectivity index (χ4n) is 3.81. The molecule has 0 spiro atoms. The largest absolute Gasteiger partial charge is 0.382 e. The van der Waals surface area contributed by atoms with E-state index in [1.54, 1.807) is 0 Å². The van der Waals surface area contributed by atoms with E-state index in [4.69, 9.17) is 4.74 Å². The van der Waals surface area contributed by atoms with Crippen LogP contribution in [-0.4, -0.2) is 26.5 Å². The van der Waals surface area contributed by atoms with Gasteiger partial charge in [0.1, 0.15) is 18.0 Å². The van der Waals surface area contributed by atoms with E-state index < -0.39 is 6.10 Å². The molecule has 3 aliphatic rings. The van der Waals surface area contributed by atoms with Crippen LogP contribution in [-0.2, 0) is 11.2 Å². The number of ether oxygens (including phenoxy) is 1. The monoisotopic (exact) mass is 295 g/mol. The zero-order valence-corrected chi connectivity index (χ0v) is 12.2. The average Bonchev–Trinajstić information content (AvgIpc) is 3.19. The third-order valence-corrected chi connectivity index (χ3v) is 4.89. The van der Waals surface area contributed by atoms with Crippen LogP contribution in [0.3, 0.4) is 0 Å². The SMILES string of the molecule is OC1C2=CCc3nccc(c32)-c2cn(C3CCCCO3)nc21. The molecule has 5 rings (SSSR count). The smallest absolute Gasteiger partial charge is 0.150 e. The Labute approximate surface area is 128 Å². The first kappa shape index (κ1) is 12.6. The summed E-state index contributed by atoms with van der Waals surface area (Å²) in [6.07, 6.45) is 9.34. The quantitative estimate of drug-likeness (QED) is 0.878. The van der Waals surface area contributed by atoms with Crippen LogP contribution < -0.4 is 0 Å². The highest BCUT2D eigenvalue weighted by Crippen LogP contribution is 2.48. The molecule has 0 amide bonds. The molecule has 1 saturated heterocycles. The number of fused-ring (bicyclic) bond motifs is 2. The molecule has 2 aromatic heterocycles. The highest BCUT2D eigenvalue weighted by atomic mass is 16.5. The van der Waals surface area contributed by atoms with Gasteiger partial charge < -0.3 is 9.84 Å². The molecule has 1 fully saturated rings. The fraction of sp³-hybridized carbons (Fsp3) is 0.412. The number of hydrogen-bond acceptors (Lipinski definition) is 4. The van der Waals surface area contributed by atoms with Gasteiger partial charge in [0.25, 0.3) is 0 Å². The van der Waals surface area contributed by atoms with E-state index in [0.717, 1.165) is 65.9 Å². The van der Waals surface area contributed by atoms with Gasteiger partial charge in [0.15, 0.2) is 0 Å². The van der Waals surface area contributed by atoms with Crippen molar-refractivity contribution in [3.05, 3.63) is 41.5 Å². The molecule has 22 heavy (non-hydrogen) atoms. The standard InChI is InChI=1S/C17H17N3O2/c21-17-11-4-5-13-15(11)10(6-7-18-13)12-9-20(19-16(12)17)14-3-1-2-8-22-14/h4,6-7,9,14,17,21H,1-3,5,8H2. The van der Waals surface area contributed by atoms with Crippen LogP contribution in [0, 0.1) is 0 Å². The Balaban J connectivity index is 1.67. The van der Waals surface area contributed by atoms with Gasteiger partial charge in [-0.05, 0) is 36.5 Å². The van der Waals surface area contributed by atoms with Crippen LogP contribution in [0.1, 0.15) is 48.5 Å². The predicted molar refractivity (Wildman–Crippen MR) is 80.9 cm³/mol. The molecule has 1 aliphatic heterocycles. The first-order valence-electron chi connectivity index (χ1n) is 7.90. The first-order valence-corrected chi connectivity index (χ1v) is 7.90. The zero-order valence-electron chi connectivity index (χ0n) is 12.2. The first-order chi connectivity index (χ1) is 10.8. The maximum Gasteiger partial charge on any atom is 0.150 e. The normalized spacial score (nSPS) is 25.6. The van der Waals surface area contributed by atoms with Gasteiger partial charge in [-0.1, -0.05) is 6.08 Å². The van der Waals surface area contributed by atoms with Crippen molar-refractivity contribution >= 4 is 5.57 Å². The lowest BCUT2D eigenvalue weighted by molar-refractivity contribution is -0.0399. The molecule has 1 N–H and O–H groups in total. The van der Waals surface area contributed by atoms with Crippen molar-refractivity contribution in [3.8, 4) is 11.1 Å². The Bertz CT molecular complexity index is 787. The van der Waals surface area contributed by atoms with Crippen LogP contribution >= 0.6 is 0 Å². The summed E-state index contributed by atoms with van der Waals surface area (Å²) in [4.78, 5) is 4.44. The summed E-state index contributed by atoms with van der Waals surface area (Å²) in [6, 6.07) is 2.02. The van der Waals surface area contributed by atoms with Crippen molar-refractivity contribution in [2.45, 2.75) is 38.0 Å². The topological polar surface area (TPSA) is 60.2 Å². The predicted octanol–water partition coefficient (Wildman–Crippen LogP) is 2.63. The second kappa shape index (κ2) is 4.51. The molecule has 2 aliphatic carbocycles. The van der Waals surface area contributed by atoms with E-state index in [1.165, 1.54) is 0 Å². The summed E-state index contributed by atoms with van der Waals surface area (Å²) < 4.78 is 7.71. The van der Waals surface area contributed by atoms with Crippen LogP contribution in [0.2, 0.25) is 0 Å². The molecule has 0 bridgehead atoms. The number of allylic oxidation sites excluding steroid dienone is 1. The second-order valence-corrected chi connectivity index (χ2v) is 6.18. The molecule has 0 radical (unpaired) electrons. The van der Waals surface area contributed by atoms with E-state index in [0.29, 0.717) is 0 Å². The lowest BCUT2D eigenvalue weighted by Crippen LogP contribution is -2.19. The summed E-state index contributed by atoms with van der Waals surface area (Å²) in [5.74, 6) is 0. The fourth-order valence-corrected chi connectivity index (χ4v) is 3.81. The minimum Gasteiger partial charge on any atom is -0.382 e. The Morgan fingerprint density at radius 1 is 1.27 bits per heavy atom. The number of rotatable bonds is 1. The minimum atomic E-state index is -0.655. The van der Waals surface area contributed by atoms with Crippen LogP contribution in [0.5, 0.6) is 0 Å². The third-order valence-electron chi connectivity index (χ3n) is 4.89. The number of nitrogens with zero attached hydrogens (tertiary/aromatic N) is 3. The van der Waals surface area contributed by atoms with Crippen LogP contribution in [0.25, 0.3) is 16.7 Å². The molecule has 2 aromatic rings. The van der Waals surface area contributed by atoms with Gasteiger partial charge in [0.2, 0.25) is 0 Å². The van der Waals surface area contributed by atoms with Crippen molar-refractivity contribution in [1.82, 2.24) is 14.8 Å². The number of aliphatic hydroxyl groups excluding tert-OH is 1. The van der Waals surface area contributed by atoms with Crippen LogP contribution in [0.15, 0.2) is 24.5 Å². The van der Waals surface area contributed by atoms with Gasteiger partial charge in [-0.3, -0.25) is 4.98 Å². The molecular weight excluding hydrogens is 278 g/mol. The molecule has 2 atom stereocenters. The lowest BCUT2D eigenvalue weighted by Gasteiger charge is -2.22. The van der Waals surface area contributed by atoms with Crippen LogP contribution in [0.4, 0.5) is 0 Å². The molecule has 0 saturated carbocycles. The summed E-state index contributed by atoms with van der Waals surface area (Å²) in [6.45, 7) is 0.785. The lowest BCUT2D eigenvalue weighted by atomic mass is 9.86. The molecule has 5 heteroatoms. The van der Waals surface area contributed by atoms with Gasteiger partial charge in [-0.15, -0.1) is 0 Å². The van der Waals surface area contributed by atoms with Gasteiger partial charge in [-0.2, -0.15) is 5.10 Å². The molecule has 3 heterocycles. The highest BCUT2D eigenvalue weighted by molar-refractivity contribution is 5.91. The van der Waals surface area contributed by atoms with E-state index >= 15 is 0 Å². The average molecular weight is 295 g/mol. The molecule has 0 aromatic carbocycles. The second-order valence-electron chi connectivity index (χ2n) is 6.18. The van der Waals surface area contributed by atoms with Crippen molar-refractivity contribution in [3.63, 3.8) is 0 Å². The number of hydrogen-bond donors (Lipinski definition) is 1. The van der Waals surface area contributed by atoms with Crippen molar-refractivity contribution in [2.24, 2.45) is 0 Å². The van der Waals surface area contributed by atoms with E-state index in [1.807, 2.05) is 23.1 Å². The maximum atomic E-state index is 10.7. The number of aliphatic hydroxyl groups is 1. The Morgan fingerprint density at radius 2 is 2.23 bits per heavy atom. The van der Waals surface area contributed by atoms with Gasteiger partial charge >= 0.3 is 0 Å². The van der Waals surface area contributed by atoms with Crippen molar-refractivity contribution in [2.75, 3.05) is 6.61 Å². The van der Waals surface area contributed by atoms with E-state index in [2.05, 4.69) is 16.2 Å².